The number of ketones is 1. The Bertz CT molecular complexity index is 1250. The predicted octanol–water partition coefficient (Wildman–Crippen LogP) is 5.93. The van der Waals surface area contributed by atoms with Gasteiger partial charge in [0.1, 0.15) is 18.2 Å². The number of nitrogens with one attached hydrogen (secondary N) is 1. The normalized spacial score (nSPS) is 22.6. The molecule has 3 aliphatic heterocycles. The maximum absolute atomic E-state index is 14.0. The Morgan fingerprint density at radius 1 is 0.946 bits per heavy atom. The number of halogens is 3. The molecule has 0 aliphatic carbocycles. The second-order valence-corrected chi connectivity index (χ2v) is 10.5. The van der Waals surface area contributed by atoms with E-state index in [1.807, 2.05) is 0 Å². The van der Waals surface area contributed by atoms with Gasteiger partial charge in [-0.2, -0.15) is 0 Å². The van der Waals surface area contributed by atoms with Crippen LogP contribution < -0.4 is 5.32 Å². The fraction of sp³-hybridized carbons (Fsp3) is 0.310. The largest absolute Gasteiger partial charge is 0.436 e. The van der Waals surface area contributed by atoms with Crippen molar-refractivity contribution in [3.05, 3.63) is 106 Å². The van der Waals surface area contributed by atoms with Crippen LogP contribution in [-0.4, -0.2) is 48.6 Å². The Kier molecular flexibility index (Phi) is 7.26. The number of amides is 1. The number of carbonyl (C=O) groups excluding carboxylic acids is 2. The second-order valence-electron chi connectivity index (χ2n) is 10.0. The molecule has 6 rings (SSSR count). The quantitative estimate of drug-likeness (QED) is 0.307. The number of benzene rings is 3. The zero-order valence-corrected chi connectivity index (χ0v) is 21.0. The monoisotopic (exact) mass is 525 g/mol. The van der Waals surface area contributed by atoms with Gasteiger partial charge in [0.2, 0.25) is 5.78 Å². The molecular formula is C29H28ClF2N2O3+. The Hall–Kier alpha value is -3.29. The van der Waals surface area contributed by atoms with E-state index in [0.717, 1.165) is 25.9 Å². The molecule has 0 radical (unpaired) electrons. The van der Waals surface area contributed by atoms with Crippen LogP contribution in [0.3, 0.4) is 0 Å². The number of nitrogens with zero attached hydrogens (tertiary/aromatic N) is 1. The SMILES string of the molecule is O=C(N[C@H]1C[N+]2(CC(=O)c3ccc(Cl)cc3)CCC1CC2)OC(c1cccc(F)c1)c1cccc(F)c1. The standard InChI is InChI=1S/C29H27ClF2N2O3/c30-23-9-7-20(8-10-23)27(35)18-34-13-11-19(12-14-34)26(17-34)33-29(36)37-28(21-3-1-5-24(31)15-21)22-4-2-6-25(32)16-22/h1-10,15-16,19,26,28H,11-14,17-18H2/p+1/t19?,26-,34?/m0/s1. The molecule has 3 saturated heterocycles. The first-order valence-electron chi connectivity index (χ1n) is 12.4. The number of hydrogen-bond donors (Lipinski definition) is 1. The Labute approximate surface area is 219 Å². The van der Waals surface area contributed by atoms with Crippen molar-refractivity contribution in [3.63, 3.8) is 0 Å². The number of ether oxygens (including phenoxy) is 1. The number of Topliss-reactive ketones (excluding diaryl/α,β-unsaturated/α-hetero) is 1. The molecule has 37 heavy (non-hydrogen) atoms. The van der Waals surface area contributed by atoms with Crippen molar-refractivity contribution >= 4 is 23.5 Å². The van der Waals surface area contributed by atoms with E-state index >= 15 is 0 Å². The van der Waals surface area contributed by atoms with Gasteiger partial charge in [-0.1, -0.05) is 35.9 Å². The fourth-order valence-corrected chi connectivity index (χ4v) is 5.79. The summed E-state index contributed by atoms with van der Waals surface area (Å²) in [7, 11) is 0. The summed E-state index contributed by atoms with van der Waals surface area (Å²) in [6, 6.07) is 18.2. The lowest BCUT2D eigenvalue weighted by molar-refractivity contribution is -0.936. The molecule has 0 unspecified atom stereocenters. The topological polar surface area (TPSA) is 55.4 Å². The third-order valence-electron chi connectivity index (χ3n) is 7.58. The van der Waals surface area contributed by atoms with Crippen LogP contribution in [0.4, 0.5) is 13.6 Å². The minimum absolute atomic E-state index is 0.0515. The second kappa shape index (κ2) is 10.6. The van der Waals surface area contributed by atoms with Crippen LogP contribution in [0, 0.1) is 17.6 Å². The number of hydrogen-bond acceptors (Lipinski definition) is 3. The van der Waals surface area contributed by atoms with Gasteiger partial charge in [0.05, 0.1) is 25.7 Å². The molecule has 1 N–H and O–H groups in total. The molecule has 3 aromatic rings. The number of piperidine rings is 3. The first-order valence-corrected chi connectivity index (χ1v) is 12.8. The lowest BCUT2D eigenvalue weighted by Gasteiger charge is -2.52. The smallest absolute Gasteiger partial charge is 0.408 e. The van der Waals surface area contributed by atoms with E-state index in [2.05, 4.69) is 5.32 Å². The Morgan fingerprint density at radius 2 is 1.54 bits per heavy atom. The van der Waals surface area contributed by atoms with Gasteiger partial charge in [0.15, 0.2) is 6.10 Å². The molecule has 3 aromatic carbocycles. The molecule has 0 spiro atoms. The number of carbonyl (C=O) groups is 2. The molecule has 1 atom stereocenters. The molecular weight excluding hydrogens is 498 g/mol. The Morgan fingerprint density at radius 3 is 2.11 bits per heavy atom. The van der Waals surface area contributed by atoms with Crippen LogP contribution in [-0.2, 0) is 4.74 Å². The summed E-state index contributed by atoms with van der Waals surface area (Å²) in [5.41, 5.74) is 1.44. The predicted molar refractivity (Wildman–Crippen MR) is 136 cm³/mol. The van der Waals surface area contributed by atoms with E-state index < -0.39 is 23.8 Å². The van der Waals surface area contributed by atoms with E-state index in [1.165, 1.54) is 36.4 Å². The van der Waals surface area contributed by atoms with Crippen LogP contribution in [0.5, 0.6) is 0 Å². The van der Waals surface area contributed by atoms with Crippen LogP contribution in [0.1, 0.15) is 40.4 Å². The molecule has 0 saturated carbocycles. The zero-order chi connectivity index (χ0) is 26.0. The average Bonchev–Trinajstić information content (AvgIpc) is 2.88. The van der Waals surface area contributed by atoms with E-state index in [9.17, 15) is 18.4 Å². The van der Waals surface area contributed by atoms with Crippen LogP contribution >= 0.6 is 11.6 Å². The molecule has 2 bridgehead atoms. The summed E-state index contributed by atoms with van der Waals surface area (Å²) < 4.78 is 34.3. The minimum atomic E-state index is -0.970. The lowest BCUT2D eigenvalue weighted by atomic mass is 9.81. The van der Waals surface area contributed by atoms with Gasteiger partial charge in [-0.3, -0.25) is 4.79 Å². The molecule has 3 aliphatic rings. The van der Waals surface area contributed by atoms with Gasteiger partial charge in [-0.15, -0.1) is 0 Å². The third-order valence-corrected chi connectivity index (χ3v) is 7.83. The van der Waals surface area contributed by atoms with E-state index in [0.29, 0.717) is 45.2 Å². The third kappa shape index (κ3) is 5.84. The molecule has 8 heteroatoms. The number of quaternary nitrogens is 1. The number of alkyl carbamates (subject to hydrolysis) is 1. The van der Waals surface area contributed by atoms with E-state index in [-0.39, 0.29) is 11.8 Å². The average molecular weight is 526 g/mol. The maximum Gasteiger partial charge on any atom is 0.408 e. The fourth-order valence-electron chi connectivity index (χ4n) is 5.66. The first-order chi connectivity index (χ1) is 17.8. The van der Waals surface area contributed by atoms with E-state index in [1.54, 1.807) is 36.4 Å². The number of fused-ring (bicyclic) bond motifs is 3. The zero-order valence-electron chi connectivity index (χ0n) is 20.2. The summed E-state index contributed by atoms with van der Waals surface area (Å²) in [4.78, 5) is 26.1. The van der Waals surface area contributed by atoms with Crippen LogP contribution in [0.15, 0.2) is 72.8 Å². The Balaban J connectivity index is 1.29. The molecule has 0 aromatic heterocycles. The summed E-state index contributed by atoms with van der Waals surface area (Å²) >= 11 is 5.96. The highest BCUT2D eigenvalue weighted by Crippen LogP contribution is 2.35. The van der Waals surface area contributed by atoms with Crippen LogP contribution in [0.2, 0.25) is 5.02 Å². The van der Waals surface area contributed by atoms with Crippen LogP contribution in [0.25, 0.3) is 0 Å². The van der Waals surface area contributed by atoms with E-state index in [4.69, 9.17) is 16.3 Å². The summed E-state index contributed by atoms with van der Waals surface area (Å²) in [5, 5.41) is 3.59. The summed E-state index contributed by atoms with van der Waals surface area (Å²) in [6.45, 7) is 2.75. The van der Waals surface area contributed by atoms with Crippen molar-refractivity contribution < 1.29 is 27.6 Å². The highest BCUT2D eigenvalue weighted by atomic mass is 35.5. The number of rotatable bonds is 7. The highest BCUT2D eigenvalue weighted by molar-refractivity contribution is 6.30. The first kappa shape index (κ1) is 25.4. The van der Waals surface area contributed by atoms with Gasteiger partial charge < -0.3 is 14.5 Å². The molecule has 192 valence electrons. The van der Waals surface area contributed by atoms with Crippen molar-refractivity contribution in [3.8, 4) is 0 Å². The summed E-state index contributed by atoms with van der Waals surface area (Å²) in [6.07, 6.45) is 0.174. The molecule has 5 nitrogen and oxygen atoms in total. The highest BCUT2D eigenvalue weighted by Gasteiger charge is 2.47. The van der Waals surface area contributed by atoms with Crippen molar-refractivity contribution in [1.29, 1.82) is 0 Å². The van der Waals surface area contributed by atoms with Gasteiger partial charge in [0.25, 0.3) is 0 Å². The maximum atomic E-state index is 14.0. The van der Waals surface area contributed by atoms with Crippen molar-refractivity contribution in [1.82, 2.24) is 5.32 Å². The summed E-state index contributed by atoms with van der Waals surface area (Å²) in [5.74, 6) is -0.607. The molecule has 3 fully saturated rings. The van der Waals surface area contributed by atoms with Gasteiger partial charge in [0, 0.05) is 23.4 Å². The van der Waals surface area contributed by atoms with Crippen molar-refractivity contribution in [2.24, 2.45) is 5.92 Å². The molecule has 1 amide bonds. The van der Waals surface area contributed by atoms with Crippen molar-refractivity contribution in [2.45, 2.75) is 25.0 Å². The van der Waals surface area contributed by atoms with Gasteiger partial charge >= 0.3 is 6.09 Å². The van der Waals surface area contributed by atoms with Gasteiger partial charge in [-0.25, -0.2) is 13.6 Å². The molecule has 3 heterocycles. The lowest BCUT2D eigenvalue weighted by Crippen LogP contribution is -2.68. The van der Waals surface area contributed by atoms with Gasteiger partial charge in [-0.05, 0) is 65.6 Å². The van der Waals surface area contributed by atoms with Crippen molar-refractivity contribution in [2.75, 3.05) is 26.2 Å². The minimum Gasteiger partial charge on any atom is -0.436 e.